The highest BCUT2D eigenvalue weighted by Crippen LogP contribution is 2.18. The van der Waals surface area contributed by atoms with Gasteiger partial charge in [-0.25, -0.2) is 0 Å². The van der Waals surface area contributed by atoms with Crippen LogP contribution >= 0.6 is 15.9 Å². The van der Waals surface area contributed by atoms with Crippen molar-refractivity contribution in [2.24, 2.45) is 0 Å². The van der Waals surface area contributed by atoms with Gasteiger partial charge in [-0.3, -0.25) is 5.41 Å². The molecule has 14 heavy (non-hydrogen) atoms. The molecule has 0 aliphatic carbocycles. The van der Waals surface area contributed by atoms with Gasteiger partial charge in [-0.2, -0.15) is 5.26 Å². The molecule has 3 nitrogen and oxygen atoms in total. The number of nitrogens with zero attached hydrogens (tertiary/aromatic N) is 1. The lowest BCUT2D eigenvalue weighted by atomic mass is 10.2. The van der Waals surface area contributed by atoms with Crippen LogP contribution in [-0.2, 0) is 0 Å². The zero-order valence-electron chi connectivity index (χ0n) is 7.04. The van der Waals surface area contributed by atoms with Gasteiger partial charge in [-0.05, 0) is 24.3 Å². The highest BCUT2D eigenvalue weighted by atomic mass is 79.9. The third-order valence-corrected chi connectivity index (χ3v) is 2.34. The molecular weight excluding hydrogens is 244 g/mol. The molecule has 0 unspecified atom stereocenters. The van der Waals surface area contributed by atoms with Crippen molar-refractivity contribution in [3.63, 3.8) is 0 Å². The number of hydrogen-bond acceptors (Lipinski definition) is 3. The second kappa shape index (κ2) is 3.28. The summed E-state index contributed by atoms with van der Waals surface area (Å²) in [5, 5.41) is 16.9. The third kappa shape index (κ3) is 1.42. The quantitative estimate of drug-likeness (QED) is 0.779. The first kappa shape index (κ1) is 8.97. The minimum atomic E-state index is -0.0951. The van der Waals surface area contributed by atoms with Crippen molar-refractivity contribution < 1.29 is 4.42 Å². The zero-order chi connectivity index (χ0) is 10.1. The molecule has 1 heterocycles. The molecule has 0 radical (unpaired) electrons. The standard InChI is InChI=1S/C10H5BrN2O/c11-8-1-2-9-6(4-8)3-7(5-12)10(13)14-9/h1-4,13H. The van der Waals surface area contributed by atoms with Crippen LogP contribution in [0.5, 0.6) is 0 Å². The fourth-order valence-corrected chi connectivity index (χ4v) is 1.57. The summed E-state index contributed by atoms with van der Waals surface area (Å²) in [5.74, 6) is 0. The van der Waals surface area contributed by atoms with Gasteiger partial charge in [0.1, 0.15) is 17.2 Å². The van der Waals surface area contributed by atoms with Crippen LogP contribution < -0.4 is 5.55 Å². The van der Waals surface area contributed by atoms with Crippen LogP contribution in [0, 0.1) is 16.7 Å². The Labute approximate surface area is 88.2 Å². The lowest BCUT2D eigenvalue weighted by Crippen LogP contribution is -2.03. The number of rotatable bonds is 0. The Morgan fingerprint density at radius 2 is 2.14 bits per heavy atom. The van der Waals surface area contributed by atoms with E-state index in [1.165, 1.54) is 0 Å². The van der Waals surface area contributed by atoms with Gasteiger partial charge in [-0.1, -0.05) is 15.9 Å². The van der Waals surface area contributed by atoms with Crippen molar-refractivity contribution in [3.05, 3.63) is 39.9 Å². The molecule has 0 atom stereocenters. The third-order valence-electron chi connectivity index (χ3n) is 1.85. The zero-order valence-corrected chi connectivity index (χ0v) is 8.63. The van der Waals surface area contributed by atoms with Crippen molar-refractivity contribution in [2.45, 2.75) is 0 Å². The van der Waals surface area contributed by atoms with Crippen LogP contribution in [0.2, 0.25) is 0 Å². The average molecular weight is 249 g/mol. The topological polar surface area (TPSA) is 60.8 Å². The largest absolute Gasteiger partial charge is 0.438 e. The van der Waals surface area contributed by atoms with E-state index in [1.54, 1.807) is 12.1 Å². The van der Waals surface area contributed by atoms with Gasteiger partial charge in [0.25, 0.3) is 0 Å². The van der Waals surface area contributed by atoms with E-state index in [9.17, 15) is 0 Å². The monoisotopic (exact) mass is 248 g/mol. The van der Waals surface area contributed by atoms with Crippen molar-refractivity contribution in [3.8, 4) is 6.07 Å². The van der Waals surface area contributed by atoms with E-state index in [4.69, 9.17) is 15.1 Å². The van der Waals surface area contributed by atoms with Crippen molar-refractivity contribution in [2.75, 3.05) is 0 Å². The summed E-state index contributed by atoms with van der Waals surface area (Å²) < 4.78 is 6.08. The van der Waals surface area contributed by atoms with Gasteiger partial charge in [0.05, 0.1) is 0 Å². The minimum Gasteiger partial charge on any atom is -0.438 e. The molecule has 0 saturated carbocycles. The number of nitriles is 1. The Hall–Kier alpha value is -1.60. The van der Waals surface area contributed by atoms with Gasteiger partial charge in [0, 0.05) is 9.86 Å². The summed E-state index contributed by atoms with van der Waals surface area (Å²) in [4.78, 5) is 0. The Balaban J connectivity index is 2.89. The second-order valence-electron chi connectivity index (χ2n) is 2.78. The normalized spacial score (nSPS) is 10.0. The molecule has 1 aromatic carbocycles. The Morgan fingerprint density at radius 1 is 1.36 bits per heavy atom. The molecule has 1 aromatic heterocycles. The molecule has 0 amide bonds. The van der Waals surface area contributed by atoms with Gasteiger partial charge in [0.2, 0.25) is 5.55 Å². The summed E-state index contributed by atoms with van der Waals surface area (Å²) >= 11 is 3.33. The van der Waals surface area contributed by atoms with Crippen molar-refractivity contribution in [1.82, 2.24) is 0 Å². The predicted molar refractivity (Wildman–Crippen MR) is 54.5 cm³/mol. The van der Waals surface area contributed by atoms with Gasteiger partial charge in [0.15, 0.2) is 0 Å². The molecular formula is C10H5BrN2O. The Morgan fingerprint density at radius 3 is 2.86 bits per heavy atom. The number of hydrogen-bond donors (Lipinski definition) is 1. The molecule has 68 valence electrons. The number of fused-ring (bicyclic) bond motifs is 1. The van der Waals surface area contributed by atoms with E-state index in [-0.39, 0.29) is 11.1 Å². The molecule has 1 N–H and O–H groups in total. The maximum atomic E-state index is 8.71. The van der Waals surface area contributed by atoms with Crippen molar-refractivity contribution in [1.29, 1.82) is 10.7 Å². The summed E-state index contributed by atoms with van der Waals surface area (Å²) in [6.45, 7) is 0. The summed E-state index contributed by atoms with van der Waals surface area (Å²) in [6, 6.07) is 8.99. The van der Waals surface area contributed by atoms with E-state index >= 15 is 0 Å². The summed E-state index contributed by atoms with van der Waals surface area (Å²) in [5.41, 5.74) is 0.759. The Bertz CT molecular complexity index is 595. The second-order valence-corrected chi connectivity index (χ2v) is 3.70. The van der Waals surface area contributed by atoms with E-state index in [2.05, 4.69) is 15.9 Å². The van der Waals surface area contributed by atoms with E-state index < -0.39 is 0 Å². The van der Waals surface area contributed by atoms with Crippen LogP contribution in [0.1, 0.15) is 5.56 Å². The fourth-order valence-electron chi connectivity index (χ4n) is 1.19. The molecule has 0 fully saturated rings. The molecule has 0 bridgehead atoms. The molecule has 2 rings (SSSR count). The first-order valence-electron chi connectivity index (χ1n) is 3.89. The van der Waals surface area contributed by atoms with E-state index in [0.717, 1.165) is 9.86 Å². The van der Waals surface area contributed by atoms with Crippen molar-refractivity contribution >= 4 is 26.9 Å². The molecule has 0 saturated heterocycles. The number of nitrogens with one attached hydrogen (secondary N) is 1. The molecule has 2 aromatic rings. The lowest BCUT2D eigenvalue weighted by molar-refractivity contribution is 0.530. The van der Waals surface area contributed by atoms with Crippen LogP contribution in [0.15, 0.2) is 33.2 Å². The first-order valence-corrected chi connectivity index (χ1v) is 4.68. The minimum absolute atomic E-state index is 0.0951. The molecule has 0 aliphatic heterocycles. The SMILES string of the molecule is N#Cc1cc2cc(Br)ccc2oc1=N. The molecule has 4 heteroatoms. The fraction of sp³-hybridized carbons (Fsp3) is 0. The number of halogens is 1. The lowest BCUT2D eigenvalue weighted by Gasteiger charge is -1.97. The number of benzene rings is 1. The van der Waals surface area contributed by atoms with Crippen LogP contribution in [0.4, 0.5) is 0 Å². The highest BCUT2D eigenvalue weighted by Gasteiger charge is 2.01. The van der Waals surface area contributed by atoms with Gasteiger partial charge >= 0.3 is 0 Å². The van der Waals surface area contributed by atoms with Gasteiger partial charge in [-0.15, -0.1) is 0 Å². The van der Waals surface area contributed by atoms with E-state index in [0.29, 0.717) is 5.58 Å². The van der Waals surface area contributed by atoms with Crippen LogP contribution in [0.3, 0.4) is 0 Å². The van der Waals surface area contributed by atoms with Crippen LogP contribution in [0.25, 0.3) is 11.0 Å². The molecule has 0 spiro atoms. The maximum absolute atomic E-state index is 8.71. The summed E-state index contributed by atoms with van der Waals surface area (Å²) in [6.07, 6.45) is 0. The highest BCUT2D eigenvalue weighted by molar-refractivity contribution is 9.10. The molecule has 0 aliphatic rings. The first-order chi connectivity index (χ1) is 6.70. The van der Waals surface area contributed by atoms with E-state index in [1.807, 2.05) is 18.2 Å². The average Bonchev–Trinajstić information content (AvgIpc) is 2.17. The summed E-state index contributed by atoms with van der Waals surface area (Å²) in [7, 11) is 0. The van der Waals surface area contributed by atoms with Gasteiger partial charge < -0.3 is 4.42 Å². The van der Waals surface area contributed by atoms with Crippen LogP contribution in [-0.4, -0.2) is 0 Å². The smallest absolute Gasteiger partial charge is 0.229 e. The Kier molecular flexibility index (Phi) is 2.10. The predicted octanol–water partition coefficient (Wildman–Crippen LogP) is 2.55. The maximum Gasteiger partial charge on any atom is 0.229 e.